The number of primary amides is 1. The fraction of sp³-hybridized carbons (Fsp3) is 0.368. The standard InChI is InChI=1S/C19H23N3O2/c1-13-5-6-14(2)22(13)16-9-7-15(8-10-16)17(23)21-19(18(20)24)11-3-4-12-19/h5-10H,3-4,11-12H2,1-2H3,(H2,20,24)(H,21,23). The van der Waals surface area contributed by atoms with E-state index in [2.05, 4.69) is 22.0 Å². The smallest absolute Gasteiger partial charge is 0.252 e. The Kier molecular flexibility index (Phi) is 4.18. The SMILES string of the molecule is Cc1ccc(C)n1-c1ccc(C(=O)NC2(C(N)=O)CCCC2)cc1. The summed E-state index contributed by atoms with van der Waals surface area (Å²) in [7, 11) is 0. The van der Waals surface area contributed by atoms with Gasteiger partial charge in [-0.2, -0.15) is 0 Å². The van der Waals surface area contributed by atoms with E-state index in [-0.39, 0.29) is 5.91 Å². The Morgan fingerprint density at radius 3 is 2.04 bits per heavy atom. The lowest BCUT2D eigenvalue weighted by atomic mass is 9.96. The molecule has 1 fully saturated rings. The van der Waals surface area contributed by atoms with Crippen molar-refractivity contribution in [3.05, 3.63) is 53.3 Å². The summed E-state index contributed by atoms with van der Waals surface area (Å²) < 4.78 is 2.13. The van der Waals surface area contributed by atoms with Crippen LogP contribution < -0.4 is 11.1 Å². The molecule has 3 rings (SSSR count). The van der Waals surface area contributed by atoms with Gasteiger partial charge in [-0.25, -0.2) is 0 Å². The summed E-state index contributed by atoms with van der Waals surface area (Å²) in [4.78, 5) is 24.3. The van der Waals surface area contributed by atoms with Crippen LogP contribution in [0.25, 0.3) is 5.69 Å². The molecule has 0 atom stereocenters. The first-order valence-corrected chi connectivity index (χ1v) is 8.31. The minimum Gasteiger partial charge on any atom is -0.368 e. The first kappa shape index (κ1) is 16.3. The molecule has 1 aliphatic rings. The van der Waals surface area contributed by atoms with Gasteiger partial charge in [0.25, 0.3) is 5.91 Å². The zero-order valence-electron chi connectivity index (χ0n) is 14.1. The number of nitrogens with two attached hydrogens (primary N) is 1. The molecule has 5 heteroatoms. The summed E-state index contributed by atoms with van der Waals surface area (Å²) >= 11 is 0. The highest BCUT2D eigenvalue weighted by atomic mass is 16.2. The van der Waals surface area contributed by atoms with Crippen LogP contribution in [0, 0.1) is 13.8 Å². The average Bonchev–Trinajstić information content (AvgIpc) is 3.15. The summed E-state index contributed by atoms with van der Waals surface area (Å²) in [6, 6.07) is 11.5. The number of carbonyl (C=O) groups is 2. The fourth-order valence-electron chi connectivity index (χ4n) is 3.54. The molecule has 0 saturated heterocycles. The highest BCUT2D eigenvalue weighted by Crippen LogP contribution is 2.29. The largest absolute Gasteiger partial charge is 0.368 e. The summed E-state index contributed by atoms with van der Waals surface area (Å²) in [5.41, 5.74) is 8.47. The first-order valence-electron chi connectivity index (χ1n) is 8.31. The van der Waals surface area contributed by atoms with Crippen molar-refractivity contribution >= 4 is 11.8 Å². The van der Waals surface area contributed by atoms with Crippen molar-refractivity contribution < 1.29 is 9.59 Å². The molecule has 24 heavy (non-hydrogen) atoms. The van der Waals surface area contributed by atoms with Gasteiger partial charge >= 0.3 is 0 Å². The van der Waals surface area contributed by atoms with Crippen LogP contribution in [0.5, 0.6) is 0 Å². The van der Waals surface area contributed by atoms with Crippen LogP contribution in [-0.4, -0.2) is 21.9 Å². The van der Waals surface area contributed by atoms with Gasteiger partial charge in [0.15, 0.2) is 0 Å². The molecule has 2 amide bonds. The molecule has 1 aromatic heterocycles. The number of benzene rings is 1. The number of nitrogens with one attached hydrogen (secondary N) is 1. The van der Waals surface area contributed by atoms with E-state index in [4.69, 9.17) is 5.73 Å². The molecule has 1 aliphatic carbocycles. The number of aromatic nitrogens is 1. The zero-order chi connectivity index (χ0) is 17.3. The van der Waals surface area contributed by atoms with Crippen LogP contribution in [0.15, 0.2) is 36.4 Å². The van der Waals surface area contributed by atoms with Crippen molar-refractivity contribution in [3.8, 4) is 5.69 Å². The maximum Gasteiger partial charge on any atom is 0.252 e. The van der Waals surface area contributed by atoms with E-state index < -0.39 is 11.4 Å². The molecule has 0 aliphatic heterocycles. The van der Waals surface area contributed by atoms with Crippen LogP contribution in [0.2, 0.25) is 0 Å². The maximum atomic E-state index is 12.5. The number of rotatable bonds is 4. The van der Waals surface area contributed by atoms with E-state index >= 15 is 0 Å². The van der Waals surface area contributed by atoms with E-state index in [1.54, 1.807) is 12.1 Å². The third-order valence-corrected chi connectivity index (χ3v) is 4.94. The number of nitrogens with zero attached hydrogens (tertiary/aromatic N) is 1. The number of hydrogen-bond acceptors (Lipinski definition) is 2. The Morgan fingerprint density at radius 1 is 1.00 bits per heavy atom. The van der Waals surface area contributed by atoms with Gasteiger partial charge < -0.3 is 15.6 Å². The Bertz CT molecular complexity index is 749. The summed E-state index contributed by atoms with van der Waals surface area (Å²) in [5, 5.41) is 2.86. The molecule has 0 bridgehead atoms. The molecular weight excluding hydrogens is 302 g/mol. The van der Waals surface area contributed by atoms with Crippen LogP contribution in [-0.2, 0) is 4.79 Å². The Balaban J connectivity index is 1.81. The second kappa shape index (κ2) is 6.15. The van der Waals surface area contributed by atoms with Crippen LogP contribution >= 0.6 is 0 Å². The van der Waals surface area contributed by atoms with Crippen molar-refractivity contribution in [3.63, 3.8) is 0 Å². The maximum absolute atomic E-state index is 12.5. The van der Waals surface area contributed by atoms with Gasteiger partial charge in [-0.1, -0.05) is 12.8 Å². The van der Waals surface area contributed by atoms with Crippen molar-refractivity contribution in [2.75, 3.05) is 0 Å². The van der Waals surface area contributed by atoms with Gasteiger partial charge in [0.1, 0.15) is 5.54 Å². The summed E-state index contributed by atoms with van der Waals surface area (Å²) in [6.07, 6.45) is 3.06. The van der Waals surface area contributed by atoms with Crippen molar-refractivity contribution in [1.29, 1.82) is 0 Å². The Labute approximate surface area is 141 Å². The molecular formula is C19H23N3O2. The quantitative estimate of drug-likeness (QED) is 0.906. The topological polar surface area (TPSA) is 77.1 Å². The minimum atomic E-state index is -0.886. The molecule has 5 nitrogen and oxygen atoms in total. The lowest BCUT2D eigenvalue weighted by Gasteiger charge is -2.26. The highest BCUT2D eigenvalue weighted by molar-refractivity contribution is 5.99. The number of hydrogen-bond donors (Lipinski definition) is 2. The van der Waals surface area contributed by atoms with E-state index in [0.29, 0.717) is 18.4 Å². The van der Waals surface area contributed by atoms with Gasteiger partial charge in [0.2, 0.25) is 5.91 Å². The molecule has 0 unspecified atom stereocenters. The van der Waals surface area contributed by atoms with Gasteiger partial charge in [0.05, 0.1) is 0 Å². The molecule has 0 radical (unpaired) electrons. The summed E-state index contributed by atoms with van der Waals surface area (Å²) in [5.74, 6) is -0.688. The van der Waals surface area contributed by atoms with Crippen LogP contribution in [0.4, 0.5) is 0 Å². The molecule has 0 spiro atoms. The third-order valence-electron chi connectivity index (χ3n) is 4.94. The lowest BCUT2D eigenvalue weighted by Crippen LogP contribution is -2.55. The Morgan fingerprint density at radius 2 is 1.54 bits per heavy atom. The zero-order valence-corrected chi connectivity index (χ0v) is 14.1. The van der Waals surface area contributed by atoms with Gasteiger partial charge in [0, 0.05) is 22.6 Å². The van der Waals surface area contributed by atoms with Crippen LogP contribution in [0.3, 0.4) is 0 Å². The lowest BCUT2D eigenvalue weighted by molar-refractivity contribution is -0.123. The van der Waals surface area contributed by atoms with Gasteiger partial charge in [-0.05, 0) is 63.1 Å². The molecule has 1 heterocycles. The molecule has 2 aromatic rings. The summed E-state index contributed by atoms with van der Waals surface area (Å²) in [6.45, 7) is 4.09. The first-order chi connectivity index (χ1) is 11.4. The van der Waals surface area contributed by atoms with Crippen molar-refractivity contribution in [2.45, 2.75) is 45.1 Å². The minimum absolute atomic E-state index is 0.247. The monoisotopic (exact) mass is 325 g/mol. The second-order valence-electron chi connectivity index (χ2n) is 6.61. The van der Waals surface area contributed by atoms with E-state index in [0.717, 1.165) is 29.9 Å². The highest BCUT2D eigenvalue weighted by Gasteiger charge is 2.40. The number of carbonyl (C=O) groups excluding carboxylic acids is 2. The molecule has 1 saturated carbocycles. The van der Waals surface area contributed by atoms with Crippen molar-refractivity contribution in [2.24, 2.45) is 5.73 Å². The van der Waals surface area contributed by atoms with Gasteiger partial charge in [-0.15, -0.1) is 0 Å². The van der Waals surface area contributed by atoms with E-state index in [9.17, 15) is 9.59 Å². The Hall–Kier alpha value is -2.56. The van der Waals surface area contributed by atoms with E-state index in [1.807, 2.05) is 26.0 Å². The number of aryl methyl sites for hydroxylation is 2. The normalized spacial score (nSPS) is 16.1. The molecule has 3 N–H and O–H groups in total. The van der Waals surface area contributed by atoms with Crippen molar-refractivity contribution in [1.82, 2.24) is 9.88 Å². The van der Waals surface area contributed by atoms with E-state index in [1.165, 1.54) is 0 Å². The fourth-order valence-corrected chi connectivity index (χ4v) is 3.54. The third kappa shape index (κ3) is 2.82. The molecule has 126 valence electrons. The predicted octanol–water partition coefficient (Wildman–Crippen LogP) is 2.62. The average molecular weight is 325 g/mol. The second-order valence-corrected chi connectivity index (χ2v) is 6.61. The predicted molar refractivity (Wildman–Crippen MR) is 93.1 cm³/mol. The van der Waals surface area contributed by atoms with Gasteiger partial charge in [-0.3, -0.25) is 9.59 Å². The van der Waals surface area contributed by atoms with Crippen LogP contribution in [0.1, 0.15) is 47.4 Å². The molecule has 1 aromatic carbocycles. The number of amides is 2.